The van der Waals surface area contributed by atoms with E-state index in [0.29, 0.717) is 10.6 Å². The van der Waals surface area contributed by atoms with Gasteiger partial charge < -0.3 is 0 Å². The van der Waals surface area contributed by atoms with Gasteiger partial charge in [0, 0.05) is 10.6 Å². The van der Waals surface area contributed by atoms with E-state index in [2.05, 4.69) is 6.07 Å². The summed E-state index contributed by atoms with van der Waals surface area (Å²) in [4.78, 5) is 0. The van der Waals surface area contributed by atoms with Crippen LogP contribution in [0.3, 0.4) is 0 Å². The van der Waals surface area contributed by atoms with Gasteiger partial charge in [-0.3, -0.25) is 0 Å². The summed E-state index contributed by atoms with van der Waals surface area (Å²) in [6.07, 6.45) is 0. The maximum atomic E-state index is 13.4. The minimum absolute atomic E-state index is 0.308. The molecule has 2 heteroatoms. The zero-order valence-electron chi connectivity index (χ0n) is 7.30. The summed E-state index contributed by atoms with van der Waals surface area (Å²) in [5.74, 6) is -0.308. The smallest absolute Gasteiger partial charge is 0.132 e. The second-order valence-electron chi connectivity index (χ2n) is 2.92. The summed E-state index contributed by atoms with van der Waals surface area (Å²) in [5.41, 5.74) is 1.35. The summed E-state index contributed by atoms with van der Waals surface area (Å²) in [7, 11) is 0. The molecule has 0 aliphatic rings. The van der Waals surface area contributed by atoms with Crippen LogP contribution in [0.15, 0.2) is 42.5 Å². The van der Waals surface area contributed by atoms with Crippen LogP contribution in [0, 0.1) is 11.9 Å². The number of hydrogen-bond acceptors (Lipinski definition) is 0. The lowest BCUT2D eigenvalue weighted by molar-refractivity contribution is 0.631. The van der Waals surface area contributed by atoms with Crippen LogP contribution < -0.4 is 0 Å². The van der Waals surface area contributed by atoms with Crippen LogP contribution in [-0.2, 0) is 0 Å². The first-order chi connectivity index (χ1) is 6.77. The van der Waals surface area contributed by atoms with Crippen LogP contribution in [0.1, 0.15) is 0 Å². The predicted molar refractivity (Wildman–Crippen MR) is 55.7 cm³/mol. The van der Waals surface area contributed by atoms with E-state index in [-0.39, 0.29) is 5.82 Å². The van der Waals surface area contributed by atoms with Crippen molar-refractivity contribution in [1.82, 2.24) is 0 Å². The highest BCUT2D eigenvalue weighted by Crippen LogP contribution is 2.24. The Hall–Kier alpha value is -1.34. The van der Waals surface area contributed by atoms with Crippen molar-refractivity contribution in [2.24, 2.45) is 0 Å². The van der Waals surface area contributed by atoms with Crippen LogP contribution >= 0.6 is 11.6 Å². The van der Waals surface area contributed by atoms with E-state index in [0.717, 1.165) is 5.56 Å². The van der Waals surface area contributed by atoms with E-state index in [1.54, 1.807) is 24.3 Å². The molecule has 2 rings (SSSR count). The molecule has 0 unspecified atom stereocenters. The second kappa shape index (κ2) is 3.81. The number of rotatable bonds is 1. The Morgan fingerprint density at radius 3 is 2.71 bits per heavy atom. The monoisotopic (exact) mass is 205 g/mol. The van der Waals surface area contributed by atoms with E-state index in [1.807, 2.05) is 12.1 Å². The average Bonchev–Trinajstić information content (AvgIpc) is 2.19. The van der Waals surface area contributed by atoms with E-state index < -0.39 is 0 Å². The molecule has 0 bridgehead atoms. The molecule has 0 saturated heterocycles. The minimum Gasteiger partial charge on any atom is -0.206 e. The average molecular weight is 206 g/mol. The molecule has 0 amide bonds. The van der Waals surface area contributed by atoms with Gasteiger partial charge in [-0.05, 0) is 35.9 Å². The van der Waals surface area contributed by atoms with E-state index in [9.17, 15) is 4.39 Å². The lowest BCUT2D eigenvalue weighted by atomic mass is 10.1. The highest BCUT2D eigenvalue weighted by Gasteiger charge is 2.04. The summed E-state index contributed by atoms with van der Waals surface area (Å²) < 4.78 is 13.4. The Bertz CT molecular complexity index is 437. The Morgan fingerprint density at radius 1 is 1.21 bits per heavy atom. The summed E-state index contributed by atoms with van der Waals surface area (Å²) >= 11 is 5.66. The van der Waals surface area contributed by atoms with Crippen LogP contribution in [0.2, 0.25) is 5.02 Å². The van der Waals surface area contributed by atoms with Crippen molar-refractivity contribution in [1.29, 1.82) is 0 Å². The van der Waals surface area contributed by atoms with Crippen LogP contribution in [0.25, 0.3) is 11.1 Å². The normalized spacial score (nSPS) is 10.1. The molecular formula is C12H7ClF. The molecule has 0 heterocycles. The number of halogens is 2. The maximum absolute atomic E-state index is 13.4. The standard InChI is InChI=1S/C12H7ClF/c13-10-6-7-11(12(14)8-10)9-4-2-1-3-5-9/h1-2,4-8H. The van der Waals surface area contributed by atoms with Crippen LogP contribution in [0.5, 0.6) is 0 Å². The first-order valence-corrected chi connectivity index (χ1v) is 4.57. The third-order valence-corrected chi connectivity index (χ3v) is 2.18. The molecule has 0 fully saturated rings. The molecule has 0 aromatic heterocycles. The second-order valence-corrected chi connectivity index (χ2v) is 3.35. The van der Waals surface area contributed by atoms with E-state index in [4.69, 9.17) is 11.6 Å². The molecule has 0 aliphatic carbocycles. The third kappa shape index (κ3) is 1.78. The molecule has 14 heavy (non-hydrogen) atoms. The number of hydrogen-bond donors (Lipinski definition) is 0. The molecule has 69 valence electrons. The van der Waals surface area contributed by atoms with E-state index in [1.165, 1.54) is 6.07 Å². The van der Waals surface area contributed by atoms with Crippen molar-refractivity contribution in [3.05, 3.63) is 59.4 Å². The number of benzene rings is 2. The fourth-order valence-electron chi connectivity index (χ4n) is 1.28. The molecule has 0 atom stereocenters. The summed E-state index contributed by atoms with van der Waals surface area (Å²) in [6, 6.07) is 14.7. The van der Waals surface area contributed by atoms with Gasteiger partial charge in [0.05, 0.1) is 0 Å². The first-order valence-electron chi connectivity index (χ1n) is 4.19. The molecular weight excluding hydrogens is 199 g/mol. The van der Waals surface area contributed by atoms with Crippen molar-refractivity contribution >= 4 is 11.6 Å². The molecule has 0 spiro atoms. The van der Waals surface area contributed by atoms with Gasteiger partial charge >= 0.3 is 0 Å². The molecule has 2 aromatic rings. The van der Waals surface area contributed by atoms with Gasteiger partial charge in [0.1, 0.15) is 5.82 Å². The Kier molecular flexibility index (Phi) is 2.51. The van der Waals surface area contributed by atoms with Gasteiger partial charge in [-0.15, -0.1) is 0 Å². The first kappa shape index (κ1) is 9.22. The molecule has 0 N–H and O–H groups in total. The van der Waals surface area contributed by atoms with E-state index >= 15 is 0 Å². The highest BCUT2D eigenvalue weighted by atomic mass is 35.5. The van der Waals surface area contributed by atoms with Crippen molar-refractivity contribution in [2.75, 3.05) is 0 Å². The maximum Gasteiger partial charge on any atom is 0.132 e. The van der Waals surface area contributed by atoms with Gasteiger partial charge in [0.25, 0.3) is 0 Å². The highest BCUT2D eigenvalue weighted by molar-refractivity contribution is 6.30. The van der Waals surface area contributed by atoms with Gasteiger partial charge in [-0.25, -0.2) is 4.39 Å². The fourth-order valence-corrected chi connectivity index (χ4v) is 1.44. The Morgan fingerprint density at radius 2 is 2.07 bits per heavy atom. The van der Waals surface area contributed by atoms with Crippen molar-refractivity contribution < 1.29 is 4.39 Å². The largest absolute Gasteiger partial charge is 0.206 e. The lowest BCUT2D eigenvalue weighted by Crippen LogP contribution is -1.83. The SMILES string of the molecule is Fc1cc(Cl)ccc1-c1c[c]ccc1. The molecule has 1 radical (unpaired) electrons. The molecule has 2 aromatic carbocycles. The van der Waals surface area contributed by atoms with Gasteiger partial charge in [-0.2, -0.15) is 0 Å². The predicted octanol–water partition coefficient (Wildman–Crippen LogP) is 3.95. The lowest BCUT2D eigenvalue weighted by Gasteiger charge is -2.02. The molecule has 0 saturated carbocycles. The fraction of sp³-hybridized carbons (Fsp3) is 0. The summed E-state index contributed by atoms with van der Waals surface area (Å²) in [6.45, 7) is 0. The molecule has 0 nitrogen and oxygen atoms in total. The van der Waals surface area contributed by atoms with Gasteiger partial charge in [0.2, 0.25) is 0 Å². The minimum atomic E-state index is -0.308. The van der Waals surface area contributed by atoms with Crippen LogP contribution in [0.4, 0.5) is 4.39 Å². The molecule has 0 aliphatic heterocycles. The quantitative estimate of drug-likeness (QED) is 0.662. The Labute approximate surface area is 87.0 Å². The Balaban J connectivity index is 2.53. The van der Waals surface area contributed by atoms with Crippen LogP contribution in [-0.4, -0.2) is 0 Å². The van der Waals surface area contributed by atoms with Gasteiger partial charge in [-0.1, -0.05) is 29.8 Å². The zero-order valence-corrected chi connectivity index (χ0v) is 8.05. The third-order valence-electron chi connectivity index (χ3n) is 1.95. The topological polar surface area (TPSA) is 0 Å². The van der Waals surface area contributed by atoms with Crippen molar-refractivity contribution in [2.45, 2.75) is 0 Å². The van der Waals surface area contributed by atoms with Crippen molar-refractivity contribution in [3.63, 3.8) is 0 Å². The van der Waals surface area contributed by atoms with Gasteiger partial charge in [0.15, 0.2) is 0 Å². The summed E-state index contributed by atoms with van der Waals surface area (Å²) in [5, 5.41) is 0.408. The zero-order chi connectivity index (χ0) is 9.97. The van der Waals surface area contributed by atoms with Crippen molar-refractivity contribution in [3.8, 4) is 11.1 Å².